The van der Waals surface area contributed by atoms with Crippen molar-refractivity contribution in [2.24, 2.45) is 5.73 Å². The van der Waals surface area contributed by atoms with E-state index in [0.29, 0.717) is 6.54 Å². The molecule has 0 atom stereocenters. The maximum absolute atomic E-state index is 11.5. The molecule has 0 aliphatic carbocycles. The Bertz CT molecular complexity index is 336. The van der Waals surface area contributed by atoms with E-state index in [9.17, 15) is 4.79 Å². The smallest absolute Gasteiger partial charge is 0.321 e. The summed E-state index contributed by atoms with van der Waals surface area (Å²) in [5.74, 6) is 0. The van der Waals surface area contributed by atoms with Crippen molar-refractivity contribution in [1.29, 1.82) is 0 Å². The second-order valence-electron chi connectivity index (χ2n) is 3.52. The molecule has 0 bridgehead atoms. The summed E-state index contributed by atoms with van der Waals surface area (Å²) in [5.41, 5.74) is 7.40. The van der Waals surface area contributed by atoms with Crippen molar-refractivity contribution in [3.8, 4) is 0 Å². The Morgan fingerprint density at radius 2 is 2.07 bits per heavy atom. The lowest BCUT2D eigenvalue weighted by Crippen LogP contribution is -2.27. The number of carbonyl (C=O) groups excluding carboxylic acids is 1. The van der Waals surface area contributed by atoms with Gasteiger partial charge in [0.05, 0.1) is 0 Å². The third-order valence-electron chi connectivity index (χ3n) is 2.08. The molecule has 0 unspecified atom stereocenters. The first-order chi connectivity index (χ1) is 7.15. The van der Waals surface area contributed by atoms with E-state index < -0.39 is 0 Å². The molecule has 0 saturated carbocycles. The number of anilines is 1. The Kier molecular flexibility index (Phi) is 4.12. The monoisotopic (exact) mass is 207 g/mol. The van der Waals surface area contributed by atoms with Gasteiger partial charge in [0.2, 0.25) is 0 Å². The first kappa shape index (κ1) is 11.5. The molecule has 82 valence electrons. The summed E-state index contributed by atoms with van der Waals surface area (Å²) in [6, 6.07) is 7.56. The van der Waals surface area contributed by atoms with Gasteiger partial charge in [-0.3, -0.25) is 0 Å². The Labute approximate surface area is 90.1 Å². The van der Waals surface area contributed by atoms with Crippen molar-refractivity contribution in [3.63, 3.8) is 0 Å². The van der Waals surface area contributed by atoms with Gasteiger partial charge in [0.25, 0.3) is 0 Å². The summed E-state index contributed by atoms with van der Waals surface area (Å²) in [7, 11) is 3.42. The van der Waals surface area contributed by atoms with Crippen LogP contribution >= 0.6 is 0 Å². The highest BCUT2D eigenvalue weighted by atomic mass is 16.2. The van der Waals surface area contributed by atoms with E-state index in [1.54, 1.807) is 14.1 Å². The van der Waals surface area contributed by atoms with Gasteiger partial charge in [-0.25, -0.2) is 4.79 Å². The van der Waals surface area contributed by atoms with Gasteiger partial charge in [-0.1, -0.05) is 18.2 Å². The highest BCUT2D eigenvalue weighted by Crippen LogP contribution is 2.15. The van der Waals surface area contributed by atoms with Crippen LogP contribution in [0.2, 0.25) is 0 Å². The van der Waals surface area contributed by atoms with Crippen molar-refractivity contribution in [2.45, 2.75) is 6.42 Å². The zero-order valence-corrected chi connectivity index (χ0v) is 9.16. The summed E-state index contributed by atoms with van der Waals surface area (Å²) >= 11 is 0. The molecule has 0 aliphatic rings. The van der Waals surface area contributed by atoms with Gasteiger partial charge in [0.15, 0.2) is 0 Å². The number of nitrogens with two attached hydrogens (primary N) is 1. The normalized spacial score (nSPS) is 9.80. The molecule has 0 spiro atoms. The fourth-order valence-electron chi connectivity index (χ4n) is 1.24. The van der Waals surface area contributed by atoms with E-state index >= 15 is 0 Å². The van der Waals surface area contributed by atoms with Crippen molar-refractivity contribution in [1.82, 2.24) is 4.90 Å². The summed E-state index contributed by atoms with van der Waals surface area (Å²) in [4.78, 5) is 13.0. The minimum absolute atomic E-state index is 0.125. The fraction of sp³-hybridized carbons (Fsp3) is 0.364. The SMILES string of the molecule is CN(C)C(=O)Nc1ccccc1CCN. The first-order valence-corrected chi connectivity index (χ1v) is 4.91. The molecule has 0 heterocycles. The molecular formula is C11H17N3O. The third-order valence-corrected chi connectivity index (χ3v) is 2.08. The molecule has 0 saturated heterocycles. The molecule has 4 nitrogen and oxygen atoms in total. The van der Waals surface area contributed by atoms with Crippen molar-refractivity contribution >= 4 is 11.7 Å². The number of carbonyl (C=O) groups is 1. The van der Waals surface area contributed by atoms with E-state index in [4.69, 9.17) is 5.73 Å². The maximum Gasteiger partial charge on any atom is 0.321 e. The number of nitrogens with zero attached hydrogens (tertiary/aromatic N) is 1. The minimum Gasteiger partial charge on any atom is -0.331 e. The molecular weight excluding hydrogens is 190 g/mol. The zero-order chi connectivity index (χ0) is 11.3. The highest BCUT2D eigenvalue weighted by molar-refractivity contribution is 5.89. The average molecular weight is 207 g/mol. The third kappa shape index (κ3) is 3.25. The van der Waals surface area contributed by atoms with Crippen LogP contribution in [0.5, 0.6) is 0 Å². The molecule has 1 aromatic rings. The summed E-state index contributed by atoms with van der Waals surface area (Å²) in [5, 5.41) is 2.83. The van der Waals surface area contributed by atoms with Crippen LogP contribution in [0.25, 0.3) is 0 Å². The van der Waals surface area contributed by atoms with Crippen molar-refractivity contribution in [2.75, 3.05) is 26.0 Å². The number of nitrogens with one attached hydrogen (secondary N) is 1. The Balaban J connectivity index is 2.79. The van der Waals surface area contributed by atoms with Gasteiger partial charge in [0, 0.05) is 19.8 Å². The van der Waals surface area contributed by atoms with Crippen molar-refractivity contribution < 1.29 is 4.79 Å². The molecule has 0 radical (unpaired) electrons. The van der Waals surface area contributed by atoms with Crippen LogP contribution in [-0.2, 0) is 6.42 Å². The number of rotatable bonds is 3. The quantitative estimate of drug-likeness (QED) is 0.784. The maximum atomic E-state index is 11.5. The Hall–Kier alpha value is -1.55. The van der Waals surface area contributed by atoms with Crippen LogP contribution in [0, 0.1) is 0 Å². The van der Waals surface area contributed by atoms with Gasteiger partial charge in [0.1, 0.15) is 0 Å². The molecule has 0 fully saturated rings. The number of amides is 2. The summed E-state index contributed by atoms with van der Waals surface area (Å²) in [6.07, 6.45) is 0.768. The second-order valence-corrected chi connectivity index (χ2v) is 3.52. The Morgan fingerprint density at radius 3 is 2.67 bits per heavy atom. The lowest BCUT2D eigenvalue weighted by molar-refractivity contribution is 0.230. The van der Waals surface area contributed by atoms with Gasteiger partial charge >= 0.3 is 6.03 Å². The van der Waals surface area contributed by atoms with Gasteiger partial charge in [-0.2, -0.15) is 0 Å². The minimum atomic E-state index is -0.125. The summed E-state index contributed by atoms with van der Waals surface area (Å²) in [6.45, 7) is 0.578. The van der Waals surface area contributed by atoms with E-state index in [1.165, 1.54) is 4.90 Å². The molecule has 15 heavy (non-hydrogen) atoms. The number of urea groups is 1. The molecule has 2 amide bonds. The fourth-order valence-corrected chi connectivity index (χ4v) is 1.24. The zero-order valence-electron chi connectivity index (χ0n) is 9.16. The highest BCUT2D eigenvalue weighted by Gasteiger charge is 2.06. The second kappa shape index (κ2) is 5.36. The molecule has 0 aromatic heterocycles. The first-order valence-electron chi connectivity index (χ1n) is 4.91. The van der Waals surface area contributed by atoms with Gasteiger partial charge in [-0.15, -0.1) is 0 Å². The molecule has 0 aliphatic heterocycles. The number of hydrogen-bond donors (Lipinski definition) is 2. The van der Waals surface area contributed by atoms with Gasteiger partial charge < -0.3 is 16.0 Å². The van der Waals surface area contributed by atoms with Crippen LogP contribution in [0.4, 0.5) is 10.5 Å². The van der Waals surface area contributed by atoms with E-state index in [-0.39, 0.29) is 6.03 Å². The van der Waals surface area contributed by atoms with Crippen LogP contribution < -0.4 is 11.1 Å². The number of para-hydroxylation sites is 1. The molecule has 1 rings (SSSR count). The largest absolute Gasteiger partial charge is 0.331 e. The van der Waals surface area contributed by atoms with Crippen LogP contribution in [0.3, 0.4) is 0 Å². The standard InChI is InChI=1S/C11H17N3O/c1-14(2)11(15)13-10-6-4-3-5-9(10)7-8-12/h3-6H,7-8,12H2,1-2H3,(H,13,15). The van der Waals surface area contributed by atoms with E-state index in [2.05, 4.69) is 5.32 Å². The number of benzene rings is 1. The Morgan fingerprint density at radius 1 is 1.40 bits per heavy atom. The van der Waals surface area contributed by atoms with Crippen LogP contribution in [0.1, 0.15) is 5.56 Å². The number of hydrogen-bond acceptors (Lipinski definition) is 2. The van der Waals surface area contributed by atoms with Gasteiger partial charge in [-0.05, 0) is 24.6 Å². The van der Waals surface area contributed by atoms with E-state index in [1.807, 2.05) is 24.3 Å². The molecule has 3 N–H and O–H groups in total. The molecule has 1 aromatic carbocycles. The summed E-state index contributed by atoms with van der Waals surface area (Å²) < 4.78 is 0. The van der Waals surface area contributed by atoms with E-state index in [0.717, 1.165) is 17.7 Å². The predicted octanol–water partition coefficient (Wildman–Crippen LogP) is 1.28. The molecule has 4 heteroatoms. The van der Waals surface area contributed by atoms with Crippen LogP contribution in [-0.4, -0.2) is 31.6 Å². The topological polar surface area (TPSA) is 58.4 Å². The van der Waals surface area contributed by atoms with Crippen LogP contribution in [0.15, 0.2) is 24.3 Å². The lowest BCUT2D eigenvalue weighted by atomic mass is 10.1. The average Bonchev–Trinajstić information content (AvgIpc) is 2.21. The van der Waals surface area contributed by atoms with Crippen molar-refractivity contribution in [3.05, 3.63) is 29.8 Å². The predicted molar refractivity (Wildman–Crippen MR) is 61.9 cm³/mol. The lowest BCUT2D eigenvalue weighted by Gasteiger charge is -2.14.